The standard InChI is InChI=1S/C15H33P/c1-13(2,3)12(14(4,5)6)11-16(10)15(7,8)9/h12H,11H2,1-10H3. The van der Waals surface area contributed by atoms with Crippen molar-refractivity contribution in [3.05, 3.63) is 0 Å². The molecule has 0 aromatic rings. The van der Waals surface area contributed by atoms with E-state index in [9.17, 15) is 0 Å². The van der Waals surface area contributed by atoms with Gasteiger partial charge in [-0.05, 0) is 34.7 Å². The Morgan fingerprint density at radius 3 is 1.25 bits per heavy atom. The minimum absolute atomic E-state index is 0.110. The van der Waals surface area contributed by atoms with Crippen LogP contribution in [-0.4, -0.2) is 18.0 Å². The molecule has 16 heavy (non-hydrogen) atoms. The SMILES string of the molecule is CP(CC(C(C)(C)C)C(C)(C)C)C(C)(C)C. The summed E-state index contributed by atoms with van der Waals surface area (Å²) >= 11 is 0. The first-order valence-electron chi connectivity index (χ1n) is 6.47. The zero-order valence-corrected chi connectivity index (χ0v) is 14.1. The predicted octanol–water partition coefficient (Wildman–Crippen LogP) is 5.61. The van der Waals surface area contributed by atoms with Crippen LogP contribution in [0.25, 0.3) is 0 Å². The van der Waals surface area contributed by atoms with Gasteiger partial charge in [-0.1, -0.05) is 62.3 Å². The smallest absolute Gasteiger partial charge is 0.0182 e. The normalized spacial score (nSPS) is 16.7. The maximum absolute atomic E-state index is 2.47. The first-order valence-corrected chi connectivity index (χ1v) is 8.45. The van der Waals surface area contributed by atoms with E-state index in [1.54, 1.807) is 0 Å². The number of rotatable bonds is 2. The van der Waals surface area contributed by atoms with Gasteiger partial charge < -0.3 is 0 Å². The van der Waals surface area contributed by atoms with Gasteiger partial charge in [0, 0.05) is 0 Å². The fourth-order valence-electron chi connectivity index (χ4n) is 2.39. The minimum atomic E-state index is 0.110. The Kier molecular flexibility index (Phi) is 5.10. The molecule has 0 spiro atoms. The molecule has 0 aromatic heterocycles. The van der Waals surface area contributed by atoms with Crippen molar-refractivity contribution in [2.45, 2.75) is 67.5 Å². The second kappa shape index (κ2) is 4.97. The predicted molar refractivity (Wildman–Crippen MR) is 79.9 cm³/mol. The van der Waals surface area contributed by atoms with Crippen LogP contribution in [0.4, 0.5) is 0 Å². The summed E-state index contributed by atoms with van der Waals surface area (Å²) in [5.41, 5.74) is 0.834. The molecule has 0 rings (SSSR count). The molecular weight excluding hydrogens is 211 g/mol. The minimum Gasteiger partial charge on any atom is -0.104 e. The second-order valence-corrected chi connectivity index (χ2v) is 11.4. The van der Waals surface area contributed by atoms with Crippen LogP contribution in [0.5, 0.6) is 0 Å². The van der Waals surface area contributed by atoms with Crippen LogP contribution in [0.15, 0.2) is 0 Å². The largest absolute Gasteiger partial charge is 0.104 e. The van der Waals surface area contributed by atoms with Crippen molar-refractivity contribution >= 4 is 7.92 Å². The highest BCUT2D eigenvalue weighted by Crippen LogP contribution is 2.53. The van der Waals surface area contributed by atoms with E-state index >= 15 is 0 Å². The van der Waals surface area contributed by atoms with Crippen molar-refractivity contribution in [3.8, 4) is 0 Å². The first kappa shape index (κ1) is 16.4. The van der Waals surface area contributed by atoms with Crippen LogP contribution >= 0.6 is 7.92 Å². The molecule has 0 bridgehead atoms. The van der Waals surface area contributed by atoms with Gasteiger partial charge in [-0.15, -0.1) is 7.92 Å². The van der Waals surface area contributed by atoms with Gasteiger partial charge in [0.25, 0.3) is 0 Å². The Hall–Kier alpha value is 0.430. The Morgan fingerprint density at radius 2 is 1.06 bits per heavy atom. The van der Waals surface area contributed by atoms with Gasteiger partial charge >= 0.3 is 0 Å². The van der Waals surface area contributed by atoms with Crippen molar-refractivity contribution < 1.29 is 0 Å². The van der Waals surface area contributed by atoms with Crippen LogP contribution in [0, 0.1) is 16.7 Å². The van der Waals surface area contributed by atoms with Gasteiger partial charge in [-0.25, -0.2) is 0 Å². The summed E-state index contributed by atoms with van der Waals surface area (Å²) in [7, 11) is 0.110. The third kappa shape index (κ3) is 5.17. The summed E-state index contributed by atoms with van der Waals surface area (Å²) in [6.07, 6.45) is 1.39. The van der Waals surface area contributed by atoms with Gasteiger partial charge in [0.05, 0.1) is 0 Å². The molecule has 0 aliphatic rings. The molecule has 0 amide bonds. The quantitative estimate of drug-likeness (QED) is 0.554. The molecule has 1 heteroatoms. The van der Waals surface area contributed by atoms with E-state index in [4.69, 9.17) is 0 Å². The van der Waals surface area contributed by atoms with E-state index in [0.29, 0.717) is 16.0 Å². The van der Waals surface area contributed by atoms with Gasteiger partial charge in [0.1, 0.15) is 0 Å². The molecule has 0 radical (unpaired) electrons. The average molecular weight is 244 g/mol. The summed E-state index contributed by atoms with van der Waals surface area (Å²) in [5, 5.41) is 0.490. The molecule has 0 nitrogen and oxygen atoms in total. The maximum Gasteiger partial charge on any atom is -0.0182 e. The molecule has 98 valence electrons. The van der Waals surface area contributed by atoms with E-state index in [0.717, 1.165) is 5.92 Å². The van der Waals surface area contributed by atoms with E-state index in [1.807, 2.05) is 0 Å². The van der Waals surface area contributed by atoms with E-state index in [2.05, 4.69) is 69.0 Å². The maximum atomic E-state index is 2.47. The van der Waals surface area contributed by atoms with Crippen LogP contribution in [0.2, 0.25) is 0 Å². The van der Waals surface area contributed by atoms with Crippen LogP contribution in [-0.2, 0) is 0 Å². The third-order valence-corrected chi connectivity index (χ3v) is 6.90. The fourth-order valence-corrected chi connectivity index (χ4v) is 4.59. The van der Waals surface area contributed by atoms with Gasteiger partial charge in [-0.2, -0.15) is 0 Å². The molecule has 1 unspecified atom stereocenters. The van der Waals surface area contributed by atoms with Crippen molar-refractivity contribution in [2.24, 2.45) is 16.7 Å². The monoisotopic (exact) mass is 244 g/mol. The lowest BCUT2D eigenvalue weighted by Gasteiger charge is -2.44. The van der Waals surface area contributed by atoms with E-state index < -0.39 is 0 Å². The zero-order valence-electron chi connectivity index (χ0n) is 13.2. The highest BCUT2D eigenvalue weighted by Gasteiger charge is 2.37. The van der Waals surface area contributed by atoms with E-state index in [1.165, 1.54) is 6.16 Å². The van der Waals surface area contributed by atoms with Crippen molar-refractivity contribution in [2.75, 3.05) is 12.8 Å². The molecule has 0 aliphatic heterocycles. The molecular formula is C15H33P. The molecule has 0 fully saturated rings. The Bertz CT molecular complexity index is 195. The summed E-state index contributed by atoms with van der Waals surface area (Å²) in [4.78, 5) is 0. The van der Waals surface area contributed by atoms with Gasteiger partial charge in [-0.3, -0.25) is 0 Å². The Balaban J connectivity index is 4.85. The highest BCUT2D eigenvalue weighted by molar-refractivity contribution is 7.58. The topological polar surface area (TPSA) is 0 Å². The van der Waals surface area contributed by atoms with Crippen molar-refractivity contribution in [3.63, 3.8) is 0 Å². The molecule has 0 saturated carbocycles. The third-order valence-electron chi connectivity index (χ3n) is 3.69. The Morgan fingerprint density at radius 1 is 0.750 bits per heavy atom. The Labute approximate surface area is 105 Å². The highest BCUT2D eigenvalue weighted by atomic mass is 31.1. The zero-order chi connectivity index (χ0) is 13.4. The lowest BCUT2D eigenvalue weighted by molar-refractivity contribution is 0.124. The molecule has 0 aromatic carbocycles. The molecule has 0 N–H and O–H groups in total. The number of hydrogen-bond donors (Lipinski definition) is 0. The summed E-state index contributed by atoms with van der Waals surface area (Å²) in [6.45, 7) is 24.0. The summed E-state index contributed by atoms with van der Waals surface area (Å²) in [6, 6.07) is 0. The van der Waals surface area contributed by atoms with Crippen LogP contribution < -0.4 is 0 Å². The van der Waals surface area contributed by atoms with Crippen molar-refractivity contribution in [1.82, 2.24) is 0 Å². The molecule has 0 saturated heterocycles. The lowest BCUT2D eigenvalue weighted by Crippen LogP contribution is -2.36. The second-order valence-electron chi connectivity index (χ2n) is 8.34. The first-order chi connectivity index (χ1) is 6.76. The van der Waals surface area contributed by atoms with Gasteiger partial charge in [0.2, 0.25) is 0 Å². The molecule has 0 aliphatic carbocycles. The summed E-state index contributed by atoms with van der Waals surface area (Å²) < 4.78 is 0. The van der Waals surface area contributed by atoms with Gasteiger partial charge in [0.15, 0.2) is 0 Å². The lowest BCUT2D eigenvalue weighted by atomic mass is 9.68. The molecule has 1 atom stereocenters. The number of hydrogen-bond acceptors (Lipinski definition) is 0. The summed E-state index contributed by atoms with van der Waals surface area (Å²) in [5.74, 6) is 0.801. The molecule has 0 heterocycles. The van der Waals surface area contributed by atoms with Crippen molar-refractivity contribution in [1.29, 1.82) is 0 Å². The van der Waals surface area contributed by atoms with E-state index in [-0.39, 0.29) is 7.92 Å². The fraction of sp³-hybridized carbons (Fsp3) is 1.00. The van der Waals surface area contributed by atoms with Crippen LogP contribution in [0.3, 0.4) is 0 Å². The van der Waals surface area contributed by atoms with Crippen LogP contribution in [0.1, 0.15) is 62.3 Å². The average Bonchev–Trinajstić information content (AvgIpc) is 1.92.